The van der Waals surface area contributed by atoms with E-state index in [2.05, 4.69) is 10.1 Å². The summed E-state index contributed by atoms with van der Waals surface area (Å²) in [6.45, 7) is 3.25. The molecule has 0 radical (unpaired) electrons. The third-order valence-electron chi connectivity index (χ3n) is 1.88. The number of amides is 2. The Labute approximate surface area is 100 Å². The number of nitrogens with zero attached hydrogens (tertiary/aromatic N) is 1. The minimum Gasteiger partial charge on any atom is -0.464 e. The molecule has 7 nitrogen and oxygen atoms in total. The fourth-order valence-electron chi connectivity index (χ4n) is 1.05. The number of carbonyl (C=O) groups excluding carboxylic acids is 3. The van der Waals surface area contributed by atoms with Crippen LogP contribution in [0.4, 0.5) is 4.79 Å². The van der Waals surface area contributed by atoms with Crippen LogP contribution in [0, 0.1) is 0 Å². The molecule has 0 aliphatic rings. The first-order chi connectivity index (χ1) is 7.92. The van der Waals surface area contributed by atoms with E-state index in [4.69, 9.17) is 4.74 Å². The van der Waals surface area contributed by atoms with Gasteiger partial charge in [0.2, 0.25) is 5.91 Å². The Morgan fingerprint density at radius 1 is 1.35 bits per heavy atom. The van der Waals surface area contributed by atoms with E-state index in [0.717, 1.165) is 4.90 Å². The number of likely N-dealkylation sites (N-methyl/N-ethyl adjacent to an activating group) is 1. The molecule has 1 atom stereocenters. The van der Waals surface area contributed by atoms with Crippen LogP contribution in [0.3, 0.4) is 0 Å². The zero-order valence-electron chi connectivity index (χ0n) is 10.5. The Morgan fingerprint density at radius 3 is 2.41 bits per heavy atom. The monoisotopic (exact) mass is 246 g/mol. The van der Waals surface area contributed by atoms with Gasteiger partial charge in [-0.2, -0.15) is 0 Å². The summed E-state index contributed by atoms with van der Waals surface area (Å²) in [4.78, 5) is 34.7. The van der Waals surface area contributed by atoms with Crippen LogP contribution in [0.15, 0.2) is 0 Å². The zero-order valence-corrected chi connectivity index (χ0v) is 10.5. The summed E-state index contributed by atoms with van der Waals surface area (Å²) in [5.41, 5.74) is 0. The van der Waals surface area contributed by atoms with Crippen LogP contribution in [0.1, 0.15) is 13.8 Å². The molecule has 0 aliphatic carbocycles. The zero-order chi connectivity index (χ0) is 13.4. The van der Waals surface area contributed by atoms with Crippen LogP contribution in [0.25, 0.3) is 0 Å². The van der Waals surface area contributed by atoms with Crippen LogP contribution in [-0.2, 0) is 19.1 Å². The van der Waals surface area contributed by atoms with Crippen LogP contribution < -0.4 is 5.32 Å². The second-order valence-corrected chi connectivity index (χ2v) is 3.37. The number of carbonyl (C=O) groups is 3. The molecule has 98 valence electrons. The predicted octanol–water partition coefficient (Wildman–Crippen LogP) is -0.248. The Kier molecular flexibility index (Phi) is 6.69. The van der Waals surface area contributed by atoms with Crippen molar-refractivity contribution in [3.05, 3.63) is 0 Å². The molecule has 0 bridgehead atoms. The van der Waals surface area contributed by atoms with Gasteiger partial charge in [-0.1, -0.05) is 0 Å². The highest BCUT2D eigenvalue weighted by Crippen LogP contribution is 1.91. The molecule has 2 amide bonds. The van der Waals surface area contributed by atoms with Crippen molar-refractivity contribution in [3.8, 4) is 0 Å². The quantitative estimate of drug-likeness (QED) is 0.676. The number of rotatable bonds is 5. The first kappa shape index (κ1) is 15.2. The lowest BCUT2D eigenvalue weighted by Gasteiger charge is -2.17. The standard InChI is InChI=1S/C10H18N2O5/c1-5-17-9(14)7(2)11-8(13)6-12(3)10(15)16-4/h7H,5-6H2,1-4H3,(H,11,13). The van der Waals surface area contributed by atoms with E-state index in [0.29, 0.717) is 0 Å². The summed E-state index contributed by atoms with van der Waals surface area (Å²) in [6, 6.07) is -0.742. The smallest absolute Gasteiger partial charge is 0.409 e. The van der Waals surface area contributed by atoms with Gasteiger partial charge in [0, 0.05) is 7.05 Å². The number of hydrogen-bond acceptors (Lipinski definition) is 5. The Bertz CT molecular complexity index is 292. The second kappa shape index (κ2) is 7.48. The molecule has 7 heteroatoms. The molecule has 0 heterocycles. The van der Waals surface area contributed by atoms with E-state index < -0.39 is 24.0 Å². The fraction of sp³-hybridized carbons (Fsp3) is 0.700. The molecule has 17 heavy (non-hydrogen) atoms. The van der Waals surface area contributed by atoms with Crippen LogP contribution >= 0.6 is 0 Å². The minimum absolute atomic E-state index is 0.184. The van der Waals surface area contributed by atoms with Gasteiger partial charge in [0.05, 0.1) is 13.7 Å². The lowest BCUT2D eigenvalue weighted by molar-refractivity contribution is -0.146. The molecular formula is C10H18N2O5. The lowest BCUT2D eigenvalue weighted by Crippen LogP contribution is -2.45. The Morgan fingerprint density at radius 2 is 1.94 bits per heavy atom. The summed E-state index contributed by atoms with van der Waals surface area (Å²) in [7, 11) is 2.64. The highest BCUT2D eigenvalue weighted by molar-refractivity contribution is 5.86. The third-order valence-corrected chi connectivity index (χ3v) is 1.88. The summed E-state index contributed by atoms with van der Waals surface area (Å²) in [5, 5.41) is 2.41. The van der Waals surface area contributed by atoms with Crippen molar-refractivity contribution >= 4 is 18.0 Å². The van der Waals surface area contributed by atoms with Crippen molar-refractivity contribution in [1.29, 1.82) is 0 Å². The maximum Gasteiger partial charge on any atom is 0.409 e. The molecule has 0 aliphatic heterocycles. The van der Waals surface area contributed by atoms with Gasteiger partial charge in [0.1, 0.15) is 12.6 Å². The Balaban J connectivity index is 4.09. The van der Waals surface area contributed by atoms with Crippen molar-refractivity contribution in [2.45, 2.75) is 19.9 Å². The van der Waals surface area contributed by atoms with Gasteiger partial charge in [-0.15, -0.1) is 0 Å². The van der Waals surface area contributed by atoms with E-state index in [9.17, 15) is 14.4 Å². The average molecular weight is 246 g/mol. The van der Waals surface area contributed by atoms with Crippen molar-refractivity contribution in [3.63, 3.8) is 0 Å². The minimum atomic E-state index is -0.742. The molecule has 0 saturated carbocycles. The van der Waals surface area contributed by atoms with Gasteiger partial charge in [-0.3, -0.25) is 4.79 Å². The number of methoxy groups -OCH3 is 1. The highest BCUT2D eigenvalue weighted by Gasteiger charge is 2.19. The molecular weight excluding hydrogens is 228 g/mol. The highest BCUT2D eigenvalue weighted by atomic mass is 16.5. The predicted molar refractivity (Wildman–Crippen MR) is 59.3 cm³/mol. The van der Waals surface area contributed by atoms with E-state index in [1.807, 2.05) is 0 Å². The van der Waals surface area contributed by atoms with Gasteiger partial charge in [-0.05, 0) is 13.8 Å². The molecule has 1 N–H and O–H groups in total. The van der Waals surface area contributed by atoms with Gasteiger partial charge in [0.25, 0.3) is 0 Å². The topological polar surface area (TPSA) is 84.9 Å². The molecule has 0 aromatic rings. The maximum atomic E-state index is 11.4. The number of ether oxygens (including phenoxy) is 2. The third kappa shape index (κ3) is 5.74. The molecule has 0 spiro atoms. The first-order valence-corrected chi connectivity index (χ1v) is 5.17. The largest absolute Gasteiger partial charge is 0.464 e. The summed E-state index contributed by atoms with van der Waals surface area (Å²) in [6.07, 6.45) is -0.621. The van der Waals surface area contributed by atoms with Gasteiger partial charge < -0.3 is 19.7 Å². The summed E-state index contributed by atoms with van der Waals surface area (Å²) < 4.78 is 9.14. The van der Waals surface area contributed by atoms with Crippen molar-refractivity contribution in [2.75, 3.05) is 27.3 Å². The normalized spacial score (nSPS) is 11.3. The Hall–Kier alpha value is -1.79. The van der Waals surface area contributed by atoms with E-state index in [1.165, 1.54) is 21.1 Å². The first-order valence-electron chi connectivity index (χ1n) is 5.17. The van der Waals surface area contributed by atoms with Gasteiger partial charge in [-0.25, -0.2) is 9.59 Å². The second-order valence-electron chi connectivity index (χ2n) is 3.37. The maximum absolute atomic E-state index is 11.4. The molecule has 0 aromatic carbocycles. The molecule has 0 saturated heterocycles. The SMILES string of the molecule is CCOC(=O)C(C)NC(=O)CN(C)C(=O)OC. The van der Waals surface area contributed by atoms with Crippen LogP contribution in [-0.4, -0.2) is 56.2 Å². The fourth-order valence-corrected chi connectivity index (χ4v) is 1.05. The lowest BCUT2D eigenvalue weighted by atomic mass is 10.3. The van der Waals surface area contributed by atoms with Crippen molar-refractivity contribution < 1.29 is 23.9 Å². The van der Waals surface area contributed by atoms with E-state index in [-0.39, 0.29) is 13.2 Å². The number of nitrogens with one attached hydrogen (secondary N) is 1. The molecule has 1 unspecified atom stereocenters. The number of esters is 1. The number of hydrogen-bond donors (Lipinski definition) is 1. The van der Waals surface area contributed by atoms with E-state index >= 15 is 0 Å². The van der Waals surface area contributed by atoms with Crippen LogP contribution in [0.5, 0.6) is 0 Å². The molecule has 0 aromatic heterocycles. The summed E-state index contributed by atoms with van der Waals surface area (Å²) in [5.74, 6) is -0.972. The van der Waals surface area contributed by atoms with Crippen molar-refractivity contribution in [1.82, 2.24) is 10.2 Å². The van der Waals surface area contributed by atoms with Gasteiger partial charge in [0.15, 0.2) is 0 Å². The molecule has 0 rings (SSSR count). The molecule has 0 fully saturated rings. The van der Waals surface area contributed by atoms with Crippen molar-refractivity contribution in [2.24, 2.45) is 0 Å². The summed E-state index contributed by atoms with van der Waals surface area (Å²) >= 11 is 0. The average Bonchev–Trinajstić information content (AvgIpc) is 2.27. The van der Waals surface area contributed by atoms with E-state index in [1.54, 1.807) is 6.92 Å². The van der Waals surface area contributed by atoms with Gasteiger partial charge >= 0.3 is 12.1 Å². The van der Waals surface area contributed by atoms with Crippen LogP contribution in [0.2, 0.25) is 0 Å².